The van der Waals surface area contributed by atoms with Crippen LogP contribution in [-0.4, -0.2) is 35.8 Å². The fourth-order valence-corrected chi connectivity index (χ4v) is 3.74. The van der Waals surface area contributed by atoms with Crippen LogP contribution in [0.3, 0.4) is 0 Å². The Kier molecular flexibility index (Phi) is 5.20. The van der Waals surface area contributed by atoms with Gasteiger partial charge < -0.3 is 15.0 Å². The van der Waals surface area contributed by atoms with Gasteiger partial charge in [0.1, 0.15) is 6.04 Å². The Morgan fingerprint density at radius 2 is 2.17 bits per heavy atom. The molecule has 0 saturated carbocycles. The molecular formula is C22H23FN4O2. The molecule has 0 aliphatic carbocycles. The predicted octanol–water partition coefficient (Wildman–Crippen LogP) is 4.00. The number of aryl methyl sites for hydroxylation is 1. The van der Waals surface area contributed by atoms with Crippen LogP contribution >= 0.6 is 0 Å². The van der Waals surface area contributed by atoms with Gasteiger partial charge in [-0.05, 0) is 48.2 Å². The van der Waals surface area contributed by atoms with Gasteiger partial charge in [-0.25, -0.2) is 4.39 Å². The maximum absolute atomic E-state index is 13.6. The van der Waals surface area contributed by atoms with Gasteiger partial charge in [0.05, 0.1) is 13.3 Å². The molecule has 3 aromatic rings. The maximum Gasteiger partial charge on any atom is 0.249 e. The number of carbonyl (C=O) groups is 1. The number of hydrogen-bond acceptors (Lipinski definition) is 4. The summed E-state index contributed by atoms with van der Waals surface area (Å²) in [5, 5.41) is 10.1. The molecule has 1 aliphatic rings. The number of anilines is 2. The zero-order chi connectivity index (χ0) is 20.4. The average molecular weight is 394 g/mol. The third-order valence-corrected chi connectivity index (χ3v) is 5.29. The smallest absolute Gasteiger partial charge is 0.249 e. The Bertz CT molecular complexity index is 1020. The lowest BCUT2D eigenvalue weighted by Crippen LogP contribution is -2.33. The largest absolute Gasteiger partial charge is 0.494 e. The molecule has 1 aromatic heterocycles. The normalized spacial score (nSPS) is 16.3. The third-order valence-electron chi connectivity index (χ3n) is 5.29. The first-order chi connectivity index (χ1) is 14.1. The van der Waals surface area contributed by atoms with E-state index in [9.17, 15) is 9.18 Å². The molecule has 4 rings (SSSR count). The average Bonchev–Trinajstić information content (AvgIpc) is 3.39. The van der Waals surface area contributed by atoms with Gasteiger partial charge in [0.15, 0.2) is 11.6 Å². The summed E-state index contributed by atoms with van der Waals surface area (Å²) >= 11 is 0. The number of amides is 1. The molecule has 1 aliphatic heterocycles. The number of hydrogen-bond donors (Lipinski definition) is 2. The fourth-order valence-electron chi connectivity index (χ4n) is 3.74. The van der Waals surface area contributed by atoms with E-state index >= 15 is 0 Å². The van der Waals surface area contributed by atoms with Crippen molar-refractivity contribution in [3.05, 3.63) is 60.2 Å². The molecule has 1 amide bonds. The second kappa shape index (κ2) is 7.95. The summed E-state index contributed by atoms with van der Waals surface area (Å²) in [6.07, 6.45) is 5.19. The number of benzene rings is 2. The molecule has 0 radical (unpaired) electrons. The number of halogens is 1. The fraction of sp³-hybridized carbons (Fsp3) is 0.273. The maximum atomic E-state index is 13.6. The topological polar surface area (TPSA) is 70.2 Å². The molecule has 29 heavy (non-hydrogen) atoms. The van der Waals surface area contributed by atoms with E-state index in [2.05, 4.69) is 28.5 Å². The highest BCUT2D eigenvalue weighted by Crippen LogP contribution is 2.31. The van der Waals surface area contributed by atoms with Gasteiger partial charge >= 0.3 is 0 Å². The number of carbonyl (C=O) groups excluding carboxylic acids is 1. The van der Waals surface area contributed by atoms with Gasteiger partial charge in [-0.1, -0.05) is 13.0 Å². The van der Waals surface area contributed by atoms with E-state index in [0.29, 0.717) is 18.7 Å². The summed E-state index contributed by atoms with van der Waals surface area (Å²) in [7, 11) is 1.42. The number of rotatable bonds is 6. The quantitative estimate of drug-likeness (QED) is 0.663. The molecule has 6 nitrogen and oxygen atoms in total. The van der Waals surface area contributed by atoms with Gasteiger partial charge in [-0.2, -0.15) is 5.10 Å². The summed E-state index contributed by atoms with van der Waals surface area (Å²) in [5.41, 5.74) is 4.86. The van der Waals surface area contributed by atoms with E-state index in [1.165, 1.54) is 13.2 Å². The molecule has 7 heteroatoms. The lowest BCUT2D eigenvalue weighted by molar-refractivity contribution is -0.117. The molecule has 2 heterocycles. The number of nitrogens with one attached hydrogen (secondary N) is 2. The van der Waals surface area contributed by atoms with Crippen LogP contribution < -0.4 is 15.0 Å². The van der Waals surface area contributed by atoms with Crippen LogP contribution in [0.1, 0.15) is 18.9 Å². The molecule has 150 valence electrons. The number of H-pyrrole nitrogens is 1. The zero-order valence-corrected chi connectivity index (χ0v) is 16.4. The molecule has 0 spiro atoms. The molecule has 1 fully saturated rings. The van der Waals surface area contributed by atoms with Crippen molar-refractivity contribution in [3.8, 4) is 16.9 Å². The number of methoxy groups -OCH3 is 1. The number of aromatic amines is 1. The molecule has 0 bridgehead atoms. The van der Waals surface area contributed by atoms with E-state index < -0.39 is 5.82 Å². The zero-order valence-electron chi connectivity index (χ0n) is 16.4. The van der Waals surface area contributed by atoms with E-state index in [4.69, 9.17) is 4.74 Å². The monoisotopic (exact) mass is 394 g/mol. The Labute approximate surface area is 168 Å². The van der Waals surface area contributed by atoms with Gasteiger partial charge in [0, 0.05) is 35.7 Å². The Hall–Kier alpha value is -3.35. The number of aromatic nitrogens is 2. The van der Waals surface area contributed by atoms with Crippen LogP contribution in [0.15, 0.2) is 48.8 Å². The van der Waals surface area contributed by atoms with E-state index in [0.717, 1.165) is 28.8 Å². The first kappa shape index (κ1) is 19.0. The highest BCUT2D eigenvalue weighted by atomic mass is 19.1. The third kappa shape index (κ3) is 3.68. The first-order valence-electron chi connectivity index (χ1n) is 9.64. The van der Waals surface area contributed by atoms with Crippen molar-refractivity contribution in [2.75, 3.05) is 23.9 Å². The van der Waals surface area contributed by atoms with Gasteiger partial charge in [-0.15, -0.1) is 0 Å². The van der Waals surface area contributed by atoms with Crippen molar-refractivity contribution >= 4 is 17.3 Å². The SMILES string of the molecule is CCc1cc(N2CCC(Nc3ccc(F)c(OC)c3)C2=O)ccc1-c1cn[nH]c1. The van der Waals surface area contributed by atoms with Crippen molar-refractivity contribution in [3.63, 3.8) is 0 Å². The molecule has 2 aromatic carbocycles. The molecule has 1 atom stereocenters. The number of ether oxygens (including phenoxy) is 1. The first-order valence-corrected chi connectivity index (χ1v) is 9.64. The van der Waals surface area contributed by atoms with Gasteiger partial charge in [0.2, 0.25) is 5.91 Å². The van der Waals surface area contributed by atoms with E-state index in [1.807, 2.05) is 18.3 Å². The second-order valence-electron chi connectivity index (χ2n) is 7.01. The lowest BCUT2D eigenvalue weighted by atomic mass is 9.99. The summed E-state index contributed by atoms with van der Waals surface area (Å²) in [5.74, 6) is -0.270. The van der Waals surface area contributed by atoms with Crippen LogP contribution in [0.2, 0.25) is 0 Å². The highest BCUT2D eigenvalue weighted by Gasteiger charge is 2.33. The highest BCUT2D eigenvalue weighted by molar-refractivity contribution is 6.01. The van der Waals surface area contributed by atoms with Crippen LogP contribution in [-0.2, 0) is 11.2 Å². The standard InChI is InChI=1S/C22H23FN4O2/c1-3-14-10-17(5-6-18(14)15-12-24-25-13-15)27-9-8-20(22(27)28)26-16-4-7-19(23)21(11-16)29-2/h4-7,10-13,20,26H,3,8-9H2,1-2H3,(H,24,25). The van der Waals surface area contributed by atoms with Crippen LogP contribution in [0, 0.1) is 5.82 Å². The van der Waals surface area contributed by atoms with Crippen molar-refractivity contribution in [2.24, 2.45) is 0 Å². The predicted molar refractivity (Wildman–Crippen MR) is 111 cm³/mol. The summed E-state index contributed by atoms with van der Waals surface area (Å²) in [6.45, 7) is 2.73. The van der Waals surface area contributed by atoms with Crippen molar-refractivity contribution < 1.29 is 13.9 Å². The Morgan fingerprint density at radius 1 is 1.31 bits per heavy atom. The second-order valence-corrected chi connectivity index (χ2v) is 7.01. The molecule has 2 N–H and O–H groups in total. The van der Waals surface area contributed by atoms with E-state index in [-0.39, 0.29) is 17.7 Å². The molecule has 1 unspecified atom stereocenters. The Balaban J connectivity index is 1.53. The van der Waals surface area contributed by atoms with Crippen LogP contribution in [0.25, 0.3) is 11.1 Å². The van der Waals surface area contributed by atoms with E-state index in [1.54, 1.807) is 23.2 Å². The summed E-state index contributed by atoms with van der Waals surface area (Å²) in [6, 6.07) is 10.2. The van der Waals surface area contributed by atoms with Gasteiger partial charge in [0.25, 0.3) is 0 Å². The minimum absolute atomic E-state index is 0.00593. The molecule has 1 saturated heterocycles. The van der Waals surface area contributed by atoms with Crippen molar-refractivity contribution in [1.82, 2.24) is 10.2 Å². The Morgan fingerprint density at radius 3 is 2.90 bits per heavy atom. The minimum atomic E-state index is -0.428. The number of nitrogens with zero attached hydrogens (tertiary/aromatic N) is 2. The van der Waals surface area contributed by atoms with Crippen molar-refractivity contribution in [2.45, 2.75) is 25.8 Å². The lowest BCUT2D eigenvalue weighted by Gasteiger charge is -2.20. The van der Waals surface area contributed by atoms with Crippen molar-refractivity contribution in [1.29, 1.82) is 0 Å². The van der Waals surface area contributed by atoms with Crippen LogP contribution in [0.5, 0.6) is 5.75 Å². The summed E-state index contributed by atoms with van der Waals surface area (Å²) in [4.78, 5) is 14.8. The molecular weight excluding hydrogens is 371 g/mol. The minimum Gasteiger partial charge on any atom is -0.494 e. The van der Waals surface area contributed by atoms with Gasteiger partial charge in [-0.3, -0.25) is 9.89 Å². The summed E-state index contributed by atoms with van der Waals surface area (Å²) < 4.78 is 18.6. The van der Waals surface area contributed by atoms with Crippen LogP contribution in [0.4, 0.5) is 15.8 Å².